The van der Waals surface area contributed by atoms with Gasteiger partial charge in [0, 0.05) is 16.2 Å². The number of nitrogens with zero attached hydrogens (tertiary/aromatic N) is 2. The van der Waals surface area contributed by atoms with Gasteiger partial charge in [-0.3, -0.25) is 0 Å². The molecule has 3 aromatic rings. The fraction of sp³-hybridized carbons (Fsp3) is 0. The molecule has 0 spiro atoms. The average molecular weight is 343 g/mol. The summed E-state index contributed by atoms with van der Waals surface area (Å²) in [5.74, 6) is -0.969. The van der Waals surface area contributed by atoms with Crippen LogP contribution in [0, 0.1) is 0 Å². The second-order valence-corrected chi connectivity index (χ2v) is 5.33. The minimum absolute atomic E-state index is 0.222. The Bertz CT molecular complexity index is 811. The van der Waals surface area contributed by atoms with Crippen LogP contribution in [0.15, 0.2) is 65.4 Å². The molecule has 5 heteroatoms. The summed E-state index contributed by atoms with van der Waals surface area (Å²) in [5, 5.41) is 13.5. The van der Waals surface area contributed by atoms with E-state index >= 15 is 0 Å². The second kappa shape index (κ2) is 5.54. The second-order valence-electron chi connectivity index (χ2n) is 4.48. The molecule has 0 atom stereocenters. The highest BCUT2D eigenvalue weighted by molar-refractivity contribution is 9.10. The number of carboxylic acids is 1. The van der Waals surface area contributed by atoms with E-state index < -0.39 is 5.97 Å². The summed E-state index contributed by atoms with van der Waals surface area (Å²) in [6, 6.07) is 14.6. The molecular formula is C16H11BrN2O2. The maximum absolute atomic E-state index is 11.3. The van der Waals surface area contributed by atoms with Gasteiger partial charge in [-0.15, -0.1) is 0 Å². The quantitative estimate of drug-likeness (QED) is 0.782. The van der Waals surface area contributed by atoms with Crippen molar-refractivity contribution in [2.24, 2.45) is 0 Å². The molecule has 1 N–H and O–H groups in total. The van der Waals surface area contributed by atoms with Crippen LogP contribution in [-0.4, -0.2) is 20.9 Å². The molecule has 0 saturated carbocycles. The minimum atomic E-state index is -0.969. The van der Waals surface area contributed by atoms with E-state index in [-0.39, 0.29) is 5.56 Å². The van der Waals surface area contributed by atoms with Crippen LogP contribution >= 0.6 is 15.9 Å². The predicted octanol–water partition coefficient (Wildman–Crippen LogP) is 4.00. The summed E-state index contributed by atoms with van der Waals surface area (Å²) in [7, 11) is 0. The van der Waals surface area contributed by atoms with Crippen LogP contribution in [0.5, 0.6) is 0 Å². The molecule has 104 valence electrons. The van der Waals surface area contributed by atoms with Crippen molar-refractivity contribution in [1.82, 2.24) is 9.78 Å². The number of rotatable bonds is 3. The van der Waals surface area contributed by atoms with Gasteiger partial charge in [0.2, 0.25) is 0 Å². The highest BCUT2D eigenvalue weighted by Gasteiger charge is 2.12. The normalized spacial score (nSPS) is 10.5. The van der Waals surface area contributed by atoms with Crippen LogP contribution in [0.4, 0.5) is 0 Å². The highest BCUT2D eigenvalue weighted by Crippen LogP contribution is 2.28. The Kier molecular flexibility index (Phi) is 3.58. The number of aromatic nitrogens is 2. The van der Waals surface area contributed by atoms with Crippen LogP contribution in [0.3, 0.4) is 0 Å². The zero-order valence-electron chi connectivity index (χ0n) is 10.9. The summed E-state index contributed by atoms with van der Waals surface area (Å²) in [5.41, 5.74) is 2.70. The molecule has 0 fully saturated rings. The average Bonchev–Trinajstić information content (AvgIpc) is 2.97. The molecular weight excluding hydrogens is 332 g/mol. The summed E-state index contributed by atoms with van der Waals surface area (Å²) >= 11 is 3.51. The number of hydrogen-bond acceptors (Lipinski definition) is 2. The van der Waals surface area contributed by atoms with E-state index in [9.17, 15) is 9.90 Å². The first kappa shape index (κ1) is 13.6. The SMILES string of the molecule is O=C(O)c1ccccc1-n1cc(-c2ccccc2Br)cn1. The molecule has 1 aromatic heterocycles. The van der Waals surface area contributed by atoms with Crippen LogP contribution in [0.25, 0.3) is 16.8 Å². The molecule has 1 heterocycles. The topological polar surface area (TPSA) is 55.1 Å². The molecule has 2 aromatic carbocycles. The number of aromatic carboxylic acids is 1. The first-order valence-electron chi connectivity index (χ1n) is 6.29. The molecule has 0 radical (unpaired) electrons. The van der Waals surface area contributed by atoms with Crippen molar-refractivity contribution in [3.8, 4) is 16.8 Å². The van der Waals surface area contributed by atoms with Gasteiger partial charge in [-0.2, -0.15) is 5.10 Å². The summed E-state index contributed by atoms with van der Waals surface area (Å²) < 4.78 is 2.55. The zero-order chi connectivity index (χ0) is 14.8. The Hall–Kier alpha value is -2.40. The molecule has 0 aliphatic rings. The predicted molar refractivity (Wildman–Crippen MR) is 83.7 cm³/mol. The third-order valence-electron chi connectivity index (χ3n) is 3.15. The van der Waals surface area contributed by atoms with E-state index in [1.165, 1.54) is 0 Å². The Balaban J connectivity index is 2.08. The molecule has 3 rings (SSSR count). The van der Waals surface area contributed by atoms with Gasteiger partial charge in [0.1, 0.15) is 0 Å². The first-order valence-corrected chi connectivity index (χ1v) is 7.08. The van der Waals surface area contributed by atoms with Crippen molar-refractivity contribution in [3.05, 3.63) is 71.0 Å². The third-order valence-corrected chi connectivity index (χ3v) is 3.84. The van der Waals surface area contributed by atoms with Crippen molar-refractivity contribution >= 4 is 21.9 Å². The van der Waals surface area contributed by atoms with E-state index in [0.29, 0.717) is 5.69 Å². The minimum Gasteiger partial charge on any atom is -0.478 e. The van der Waals surface area contributed by atoms with Gasteiger partial charge in [-0.1, -0.05) is 46.3 Å². The standard InChI is InChI=1S/C16H11BrN2O2/c17-14-7-3-1-5-12(14)11-9-18-19(10-11)15-8-4-2-6-13(15)16(20)21/h1-10H,(H,20,21). The van der Waals surface area contributed by atoms with E-state index in [4.69, 9.17) is 0 Å². The van der Waals surface area contributed by atoms with Gasteiger partial charge in [-0.05, 0) is 23.8 Å². The highest BCUT2D eigenvalue weighted by atomic mass is 79.9. The van der Waals surface area contributed by atoms with Crippen LogP contribution in [0.2, 0.25) is 0 Å². The molecule has 0 aliphatic carbocycles. The molecule has 0 amide bonds. The number of carboxylic acid groups (broad SMARTS) is 1. The maximum atomic E-state index is 11.3. The van der Waals surface area contributed by atoms with Crippen LogP contribution < -0.4 is 0 Å². The van der Waals surface area contributed by atoms with Gasteiger partial charge >= 0.3 is 5.97 Å². The lowest BCUT2D eigenvalue weighted by Crippen LogP contribution is -2.05. The number of halogens is 1. The molecule has 0 bridgehead atoms. The van der Waals surface area contributed by atoms with E-state index in [2.05, 4.69) is 21.0 Å². The van der Waals surface area contributed by atoms with Gasteiger partial charge in [-0.25, -0.2) is 9.48 Å². The zero-order valence-corrected chi connectivity index (χ0v) is 12.5. The summed E-state index contributed by atoms with van der Waals surface area (Å²) in [6.07, 6.45) is 3.54. The van der Waals surface area contributed by atoms with Crippen LogP contribution in [-0.2, 0) is 0 Å². The van der Waals surface area contributed by atoms with Crippen molar-refractivity contribution in [1.29, 1.82) is 0 Å². The first-order chi connectivity index (χ1) is 10.2. The molecule has 21 heavy (non-hydrogen) atoms. The molecule has 0 unspecified atom stereocenters. The molecule has 0 aliphatic heterocycles. The maximum Gasteiger partial charge on any atom is 0.337 e. The van der Waals surface area contributed by atoms with E-state index in [1.807, 2.05) is 30.5 Å². The Morgan fingerprint density at radius 3 is 2.57 bits per heavy atom. The lowest BCUT2D eigenvalue weighted by Gasteiger charge is -2.05. The van der Waals surface area contributed by atoms with Gasteiger partial charge in [0.05, 0.1) is 17.4 Å². The Labute approximate surface area is 129 Å². The van der Waals surface area contributed by atoms with Crippen molar-refractivity contribution < 1.29 is 9.90 Å². The van der Waals surface area contributed by atoms with Crippen molar-refractivity contribution in [2.45, 2.75) is 0 Å². The number of hydrogen-bond donors (Lipinski definition) is 1. The lowest BCUT2D eigenvalue weighted by atomic mass is 10.1. The van der Waals surface area contributed by atoms with Gasteiger partial charge in [0.25, 0.3) is 0 Å². The van der Waals surface area contributed by atoms with Gasteiger partial charge < -0.3 is 5.11 Å². The molecule has 0 saturated heterocycles. The summed E-state index contributed by atoms with van der Waals surface area (Å²) in [4.78, 5) is 11.3. The molecule has 4 nitrogen and oxygen atoms in total. The van der Waals surface area contributed by atoms with E-state index in [1.54, 1.807) is 35.1 Å². The fourth-order valence-corrected chi connectivity index (χ4v) is 2.66. The third kappa shape index (κ3) is 2.60. The summed E-state index contributed by atoms with van der Waals surface area (Å²) in [6.45, 7) is 0. The van der Waals surface area contributed by atoms with Crippen molar-refractivity contribution in [3.63, 3.8) is 0 Å². The smallest absolute Gasteiger partial charge is 0.337 e. The number of carbonyl (C=O) groups is 1. The number of benzene rings is 2. The van der Waals surface area contributed by atoms with Crippen LogP contribution in [0.1, 0.15) is 10.4 Å². The fourth-order valence-electron chi connectivity index (χ4n) is 2.14. The Morgan fingerprint density at radius 1 is 1.10 bits per heavy atom. The Morgan fingerprint density at radius 2 is 1.81 bits per heavy atom. The van der Waals surface area contributed by atoms with Gasteiger partial charge in [0.15, 0.2) is 0 Å². The van der Waals surface area contributed by atoms with Crippen molar-refractivity contribution in [2.75, 3.05) is 0 Å². The lowest BCUT2D eigenvalue weighted by molar-refractivity contribution is 0.0696. The number of para-hydroxylation sites is 1. The largest absolute Gasteiger partial charge is 0.478 e. The van der Waals surface area contributed by atoms with E-state index in [0.717, 1.165) is 15.6 Å². The monoisotopic (exact) mass is 342 g/mol.